The number of carbonyl (C=O) groups excluding carboxylic acids is 1. The molecule has 1 aromatic heterocycles. The smallest absolute Gasteiger partial charge is 0.259 e. The van der Waals surface area contributed by atoms with Crippen molar-refractivity contribution in [3.05, 3.63) is 29.2 Å². The van der Waals surface area contributed by atoms with Crippen molar-refractivity contribution in [1.82, 2.24) is 0 Å². The van der Waals surface area contributed by atoms with E-state index in [-0.39, 0.29) is 5.57 Å². The molecule has 4 heteroatoms. The second-order valence-corrected chi connectivity index (χ2v) is 4.09. The van der Waals surface area contributed by atoms with Gasteiger partial charge in [0.1, 0.15) is 23.2 Å². The molecule has 16 heavy (non-hydrogen) atoms. The minimum absolute atomic E-state index is 0.0928. The van der Waals surface area contributed by atoms with Crippen LogP contribution in [0.1, 0.15) is 30.8 Å². The van der Waals surface area contributed by atoms with Gasteiger partial charge < -0.3 is 10.2 Å². The van der Waals surface area contributed by atoms with Gasteiger partial charge in [0.15, 0.2) is 0 Å². The maximum atomic E-state index is 10.8. The van der Waals surface area contributed by atoms with Gasteiger partial charge in [-0.15, -0.1) is 0 Å². The summed E-state index contributed by atoms with van der Waals surface area (Å²) in [4.78, 5) is 10.8. The molecule has 1 heterocycles. The molecular weight excluding hydrogens is 204 g/mol. The van der Waals surface area contributed by atoms with Crippen LogP contribution >= 0.6 is 0 Å². The van der Waals surface area contributed by atoms with E-state index in [1.807, 2.05) is 6.07 Å². The van der Waals surface area contributed by atoms with Crippen LogP contribution in [0.3, 0.4) is 0 Å². The number of nitriles is 1. The van der Waals surface area contributed by atoms with Crippen molar-refractivity contribution in [2.45, 2.75) is 19.3 Å². The van der Waals surface area contributed by atoms with Crippen LogP contribution in [0.5, 0.6) is 0 Å². The Labute approximate surface area is 93.3 Å². The van der Waals surface area contributed by atoms with Crippen molar-refractivity contribution in [2.75, 3.05) is 0 Å². The predicted octanol–water partition coefficient (Wildman–Crippen LogP) is 1.80. The summed E-state index contributed by atoms with van der Waals surface area (Å²) in [7, 11) is 0. The van der Waals surface area contributed by atoms with E-state index in [4.69, 9.17) is 15.4 Å². The molecule has 0 spiro atoms. The molecule has 0 aliphatic heterocycles. The molecule has 82 valence electrons. The highest BCUT2D eigenvalue weighted by atomic mass is 16.3. The van der Waals surface area contributed by atoms with Gasteiger partial charge in [-0.3, -0.25) is 4.79 Å². The van der Waals surface area contributed by atoms with Crippen LogP contribution in [0.25, 0.3) is 6.08 Å². The van der Waals surface area contributed by atoms with Crippen LogP contribution in [0.2, 0.25) is 0 Å². The number of amides is 1. The van der Waals surface area contributed by atoms with Gasteiger partial charge in [-0.1, -0.05) is 6.92 Å². The Balaban J connectivity index is 2.19. The molecule has 1 aliphatic carbocycles. The SMILES string of the molecule is C[C@H]1C[C@H]1c1ccc(/C=C(\C#N)C(N)=O)o1. The highest BCUT2D eigenvalue weighted by Crippen LogP contribution is 2.47. The Hall–Kier alpha value is -2.02. The van der Waals surface area contributed by atoms with Crippen molar-refractivity contribution in [3.63, 3.8) is 0 Å². The van der Waals surface area contributed by atoms with Crippen molar-refractivity contribution in [3.8, 4) is 6.07 Å². The van der Waals surface area contributed by atoms with E-state index in [1.165, 1.54) is 6.08 Å². The molecule has 0 radical (unpaired) electrons. The van der Waals surface area contributed by atoms with Gasteiger partial charge in [0.2, 0.25) is 0 Å². The van der Waals surface area contributed by atoms with Gasteiger partial charge in [0.25, 0.3) is 5.91 Å². The minimum Gasteiger partial charge on any atom is -0.461 e. The van der Waals surface area contributed by atoms with Crippen LogP contribution in [-0.2, 0) is 4.79 Å². The topological polar surface area (TPSA) is 80.0 Å². The zero-order chi connectivity index (χ0) is 11.7. The number of rotatable bonds is 3. The number of primary amides is 1. The summed E-state index contributed by atoms with van der Waals surface area (Å²) in [6.07, 6.45) is 2.51. The van der Waals surface area contributed by atoms with E-state index in [2.05, 4.69) is 6.92 Å². The second kappa shape index (κ2) is 3.86. The zero-order valence-corrected chi connectivity index (χ0v) is 8.93. The van der Waals surface area contributed by atoms with Gasteiger partial charge in [0.05, 0.1) is 0 Å². The van der Waals surface area contributed by atoms with E-state index in [9.17, 15) is 4.79 Å². The van der Waals surface area contributed by atoms with E-state index in [0.717, 1.165) is 12.2 Å². The Kier molecular flexibility index (Phi) is 2.53. The van der Waals surface area contributed by atoms with Crippen molar-refractivity contribution < 1.29 is 9.21 Å². The quantitative estimate of drug-likeness (QED) is 0.617. The Morgan fingerprint density at radius 3 is 2.88 bits per heavy atom. The number of nitrogens with two attached hydrogens (primary N) is 1. The molecule has 2 rings (SSSR count). The highest BCUT2D eigenvalue weighted by molar-refractivity contribution is 6.00. The number of hydrogen-bond acceptors (Lipinski definition) is 3. The average Bonchev–Trinajstić information content (AvgIpc) is 2.79. The molecule has 0 bridgehead atoms. The van der Waals surface area contributed by atoms with Crippen molar-refractivity contribution in [2.24, 2.45) is 11.7 Å². The second-order valence-electron chi connectivity index (χ2n) is 4.09. The fourth-order valence-corrected chi connectivity index (χ4v) is 1.66. The van der Waals surface area contributed by atoms with E-state index >= 15 is 0 Å². The highest BCUT2D eigenvalue weighted by Gasteiger charge is 2.36. The lowest BCUT2D eigenvalue weighted by atomic mass is 10.2. The van der Waals surface area contributed by atoms with Crippen LogP contribution in [0.15, 0.2) is 22.1 Å². The summed E-state index contributed by atoms with van der Waals surface area (Å²) < 4.78 is 5.53. The lowest BCUT2D eigenvalue weighted by molar-refractivity contribution is -0.114. The zero-order valence-electron chi connectivity index (χ0n) is 8.93. The number of carbonyl (C=O) groups is 1. The average molecular weight is 216 g/mol. The Bertz CT molecular complexity index is 493. The summed E-state index contributed by atoms with van der Waals surface area (Å²) in [6.45, 7) is 2.16. The van der Waals surface area contributed by atoms with Gasteiger partial charge in [-0.25, -0.2) is 0 Å². The third-order valence-corrected chi connectivity index (χ3v) is 2.80. The maximum absolute atomic E-state index is 10.8. The predicted molar refractivity (Wildman–Crippen MR) is 58.0 cm³/mol. The molecule has 0 aromatic carbocycles. The van der Waals surface area contributed by atoms with Gasteiger partial charge in [-0.2, -0.15) is 5.26 Å². The Morgan fingerprint density at radius 2 is 2.38 bits per heavy atom. The molecular formula is C12H12N2O2. The number of hydrogen-bond donors (Lipinski definition) is 1. The van der Waals surface area contributed by atoms with E-state index in [1.54, 1.807) is 12.1 Å². The largest absolute Gasteiger partial charge is 0.461 e. The van der Waals surface area contributed by atoms with Crippen molar-refractivity contribution >= 4 is 12.0 Å². The van der Waals surface area contributed by atoms with E-state index in [0.29, 0.717) is 17.6 Å². The normalized spacial score (nSPS) is 23.9. The lowest BCUT2D eigenvalue weighted by Crippen LogP contribution is -2.12. The fourth-order valence-electron chi connectivity index (χ4n) is 1.66. The van der Waals surface area contributed by atoms with Gasteiger partial charge in [0, 0.05) is 12.0 Å². The molecule has 1 saturated carbocycles. The number of furan rings is 1. The molecule has 4 nitrogen and oxygen atoms in total. The summed E-state index contributed by atoms with van der Waals surface area (Å²) in [5.74, 6) is 1.83. The molecule has 2 N–H and O–H groups in total. The Morgan fingerprint density at radius 1 is 1.69 bits per heavy atom. The first kappa shape index (κ1) is 10.5. The monoisotopic (exact) mass is 216 g/mol. The summed E-state index contributed by atoms with van der Waals surface area (Å²) in [5.41, 5.74) is 4.93. The third-order valence-electron chi connectivity index (χ3n) is 2.80. The molecule has 0 unspecified atom stereocenters. The molecule has 1 fully saturated rings. The lowest BCUT2D eigenvalue weighted by Gasteiger charge is -1.91. The van der Waals surface area contributed by atoms with Gasteiger partial charge in [-0.05, 0) is 24.5 Å². The summed E-state index contributed by atoms with van der Waals surface area (Å²) >= 11 is 0. The standard InChI is InChI=1S/C12H12N2O2/c1-7-4-10(7)11-3-2-9(16-11)5-8(6-13)12(14)15/h2-3,5,7,10H,4H2,1H3,(H2,14,15)/b8-5+/t7-,10+/m0/s1. The molecule has 1 aliphatic rings. The summed E-state index contributed by atoms with van der Waals surface area (Å²) in [5, 5.41) is 8.67. The van der Waals surface area contributed by atoms with Crippen molar-refractivity contribution in [1.29, 1.82) is 5.26 Å². The molecule has 1 amide bonds. The first-order valence-corrected chi connectivity index (χ1v) is 5.13. The summed E-state index contributed by atoms with van der Waals surface area (Å²) in [6, 6.07) is 5.37. The van der Waals surface area contributed by atoms with Crippen LogP contribution in [-0.4, -0.2) is 5.91 Å². The minimum atomic E-state index is -0.736. The number of nitrogens with zero attached hydrogens (tertiary/aromatic N) is 1. The van der Waals surface area contributed by atoms with Crippen LogP contribution < -0.4 is 5.73 Å². The van der Waals surface area contributed by atoms with Gasteiger partial charge >= 0.3 is 0 Å². The van der Waals surface area contributed by atoms with Crippen LogP contribution in [0, 0.1) is 17.2 Å². The molecule has 0 saturated heterocycles. The fraction of sp³-hybridized carbons (Fsp3) is 0.333. The molecule has 1 aromatic rings. The third kappa shape index (κ3) is 1.98. The molecule has 2 atom stereocenters. The first-order chi connectivity index (χ1) is 7.61. The first-order valence-electron chi connectivity index (χ1n) is 5.13. The van der Waals surface area contributed by atoms with E-state index < -0.39 is 5.91 Å². The maximum Gasteiger partial charge on any atom is 0.259 e. The van der Waals surface area contributed by atoms with Crippen LogP contribution in [0.4, 0.5) is 0 Å².